The number of aryl methyl sites for hydroxylation is 1. The zero-order valence-corrected chi connectivity index (χ0v) is 13.8. The molecule has 19 heavy (non-hydrogen) atoms. The molecule has 106 valence electrons. The molecule has 1 heterocycles. The van der Waals surface area contributed by atoms with Gasteiger partial charge in [0.25, 0.3) is 5.56 Å². The van der Waals surface area contributed by atoms with Crippen molar-refractivity contribution in [1.29, 1.82) is 0 Å². The highest BCUT2D eigenvalue weighted by atomic mass is 79.9. The minimum Gasteiger partial charge on any atom is -0.379 e. The van der Waals surface area contributed by atoms with Crippen LogP contribution in [-0.2, 0) is 6.54 Å². The van der Waals surface area contributed by atoms with Crippen LogP contribution in [0.15, 0.2) is 15.5 Å². The third kappa shape index (κ3) is 3.34. The quantitative estimate of drug-likeness (QED) is 0.890. The van der Waals surface area contributed by atoms with Gasteiger partial charge in [0.1, 0.15) is 4.47 Å². The summed E-state index contributed by atoms with van der Waals surface area (Å²) >= 11 is 5.31. The van der Waals surface area contributed by atoms with E-state index < -0.39 is 0 Å². The molecule has 0 aliphatic heterocycles. The summed E-state index contributed by atoms with van der Waals surface area (Å²) < 4.78 is 2.11. The first kappa shape index (κ1) is 14.9. The van der Waals surface area contributed by atoms with Crippen molar-refractivity contribution in [2.45, 2.75) is 50.4 Å². The Labute approximate surface area is 126 Å². The van der Waals surface area contributed by atoms with Gasteiger partial charge in [-0.1, -0.05) is 13.3 Å². The van der Waals surface area contributed by atoms with Crippen molar-refractivity contribution in [1.82, 2.24) is 9.78 Å². The highest BCUT2D eigenvalue weighted by Gasteiger charge is 2.27. The van der Waals surface area contributed by atoms with Crippen molar-refractivity contribution in [3.05, 3.63) is 21.0 Å². The Hall–Kier alpha value is -0.490. The van der Waals surface area contributed by atoms with Crippen molar-refractivity contribution < 1.29 is 0 Å². The summed E-state index contributed by atoms with van der Waals surface area (Å²) in [6.07, 6.45) is 8.48. The van der Waals surface area contributed by atoms with Gasteiger partial charge in [-0.05, 0) is 41.4 Å². The Kier molecular flexibility index (Phi) is 5.33. The van der Waals surface area contributed by atoms with Gasteiger partial charge in [0.2, 0.25) is 0 Å². The van der Waals surface area contributed by atoms with E-state index in [2.05, 4.69) is 32.6 Å². The molecule has 2 atom stereocenters. The zero-order chi connectivity index (χ0) is 13.8. The van der Waals surface area contributed by atoms with Gasteiger partial charge in [-0.2, -0.15) is 16.9 Å². The van der Waals surface area contributed by atoms with Gasteiger partial charge in [0.05, 0.1) is 11.9 Å². The topological polar surface area (TPSA) is 46.9 Å². The van der Waals surface area contributed by atoms with E-state index in [1.807, 2.05) is 18.7 Å². The van der Waals surface area contributed by atoms with E-state index in [-0.39, 0.29) is 5.56 Å². The predicted molar refractivity (Wildman–Crippen MR) is 85.1 cm³/mol. The van der Waals surface area contributed by atoms with Crippen molar-refractivity contribution in [3.8, 4) is 0 Å². The number of halogens is 1. The molecule has 0 radical (unpaired) electrons. The second-order valence-corrected chi connectivity index (χ2v) is 6.73. The van der Waals surface area contributed by atoms with Gasteiger partial charge in [0.15, 0.2) is 0 Å². The summed E-state index contributed by atoms with van der Waals surface area (Å²) in [6.45, 7) is 2.70. The number of hydrogen-bond donors (Lipinski definition) is 1. The van der Waals surface area contributed by atoms with Crippen molar-refractivity contribution in [2.24, 2.45) is 0 Å². The fraction of sp³-hybridized carbons (Fsp3) is 0.692. The summed E-state index contributed by atoms with van der Waals surface area (Å²) in [5, 5.41) is 8.33. The number of thioether (sulfide) groups is 1. The number of anilines is 1. The van der Waals surface area contributed by atoms with E-state index in [4.69, 9.17) is 0 Å². The first-order chi connectivity index (χ1) is 9.17. The maximum atomic E-state index is 12.1. The Morgan fingerprint density at radius 3 is 3.05 bits per heavy atom. The number of hydrogen-bond acceptors (Lipinski definition) is 4. The van der Waals surface area contributed by atoms with Crippen LogP contribution in [0.25, 0.3) is 0 Å². The molecule has 1 N–H and O–H groups in total. The maximum absolute atomic E-state index is 12.1. The molecule has 0 saturated heterocycles. The second-order valence-electron chi connectivity index (χ2n) is 4.86. The van der Waals surface area contributed by atoms with E-state index in [9.17, 15) is 4.79 Å². The standard InChI is InChI=1S/C13H20BrN3OS/c1-3-7-17-13(18)12(14)10(8-15-17)16-9-5-4-6-11(9)19-2/h8-9,11,16H,3-7H2,1-2H3. The van der Waals surface area contributed by atoms with E-state index in [1.54, 1.807) is 6.20 Å². The molecule has 0 amide bonds. The number of aromatic nitrogens is 2. The lowest BCUT2D eigenvalue weighted by Crippen LogP contribution is -2.29. The molecular weight excluding hydrogens is 326 g/mol. The monoisotopic (exact) mass is 345 g/mol. The molecule has 1 aliphatic rings. The van der Waals surface area contributed by atoms with Gasteiger partial charge >= 0.3 is 0 Å². The highest BCUT2D eigenvalue weighted by Crippen LogP contribution is 2.31. The molecule has 0 spiro atoms. The third-order valence-electron chi connectivity index (χ3n) is 3.52. The Bertz CT molecular complexity index is 491. The van der Waals surface area contributed by atoms with Crippen LogP contribution in [-0.4, -0.2) is 27.3 Å². The summed E-state index contributed by atoms with van der Waals surface area (Å²) in [4.78, 5) is 12.1. The molecular formula is C13H20BrN3OS. The number of rotatable bonds is 5. The SMILES string of the molecule is CCCn1ncc(NC2CCCC2SC)c(Br)c1=O. The van der Waals surface area contributed by atoms with Gasteiger partial charge in [-0.25, -0.2) is 4.68 Å². The van der Waals surface area contributed by atoms with Crippen LogP contribution < -0.4 is 10.9 Å². The fourth-order valence-electron chi connectivity index (χ4n) is 2.51. The largest absolute Gasteiger partial charge is 0.379 e. The molecule has 0 bridgehead atoms. The van der Waals surface area contributed by atoms with Gasteiger partial charge in [0, 0.05) is 17.8 Å². The molecule has 1 aliphatic carbocycles. The average Bonchev–Trinajstić information content (AvgIpc) is 2.86. The summed E-state index contributed by atoms with van der Waals surface area (Å²) in [6, 6.07) is 0.439. The van der Waals surface area contributed by atoms with Gasteiger partial charge in [-0.3, -0.25) is 4.79 Å². The molecule has 1 aromatic heterocycles. The van der Waals surface area contributed by atoms with Crippen LogP contribution in [0.1, 0.15) is 32.6 Å². The highest BCUT2D eigenvalue weighted by molar-refractivity contribution is 9.10. The first-order valence-corrected chi connectivity index (χ1v) is 8.80. The number of nitrogens with zero attached hydrogens (tertiary/aromatic N) is 2. The van der Waals surface area contributed by atoms with Crippen LogP contribution in [0.2, 0.25) is 0 Å². The molecule has 2 unspecified atom stereocenters. The van der Waals surface area contributed by atoms with Crippen LogP contribution in [0.4, 0.5) is 5.69 Å². The fourth-order valence-corrected chi connectivity index (χ4v) is 3.87. The lowest BCUT2D eigenvalue weighted by molar-refractivity contribution is 0.565. The van der Waals surface area contributed by atoms with Crippen LogP contribution in [0.3, 0.4) is 0 Å². The molecule has 0 aromatic carbocycles. The molecule has 6 heteroatoms. The molecule has 1 fully saturated rings. The molecule has 4 nitrogen and oxygen atoms in total. The third-order valence-corrected chi connectivity index (χ3v) is 5.45. The van der Waals surface area contributed by atoms with E-state index in [0.717, 1.165) is 18.5 Å². The van der Waals surface area contributed by atoms with Crippen LogP contribution in [0.5, 0.6) is 0 Å². The summed E-state index contributed by atoms with van der Waals surface area (Å²) in [5.41, 5.74) is 0.772. The first-order valence-electron chi connectivity index (χ1n) is 6.72. The number of nitrogens with one attached hydrogen (secondary N) is 1. The molecule has 1 aromatic rings. The predicted octanol–water partition coefficient (Wildman–Crippen LogP) is 3.11. The van der Waals surface area contributed by atoms with E-state index in [1.165, 1.54) is 17.5 Å². The Morgan fingerprint density at radius 1 is 1.58 bits per heavy atom. The van der Waals surface area contributed by atoms with E-state index >= 15 is 0 Å². The minimum absolute atomic E-state index is 0.0504. The summed E-state index contributed by atoms with van der Waals surface area (Å²) in [7, 11) is 0. The van der Waals surface area contributed by atoms with Crippen LogP contribution in [0, 0.1) is 0 Å². The lowest BCUT2D eigenvalue weighted by atomic mass is 10.2. The minimum atomic E-state index is -0.0504. The van der Waals surface area contributed by atoms with Crippen molar-refractivity contribution in [2.75, 3.05) is 11.6 Å². The zero-order valence-electron chi connectivity index (χ0n) is 11.4. The second kappa shape index (κ2) is 6.79. The Morgan fingerprint density at radius 2 is 2.37 bits per heavy atom. The molecule has 1 saturated carbocycles. The Balaban J connectivity index is 2.17. The normalized spacial score (nSPS) is 22.7. The van der Waals surface area contributed by atoms with Crippen molar-refractivity contribution >= 4 is 33.4 Å². The van der Waals surface area contributed by atoms with Crippen molar-refractivity contribution in [3.63, 3.8) is 0 Å². The molecule has 2 rings (SSSR count). The van der Waals surface area contributed by atoms with Gasteiger partial charge in [-0.15, -0.1) is 0 Å². The maximum Gasteiger partial charge on any atom is 0.283 e. The van der Waals surface area contributed by atoms with Gasteiger partial charge < -0.3 is 5.32 Å². The lowest BCUT2D eigenvalue weighted by Gasteiger charge is -2.21. The van der Waals surface area contributed by atoms with E-state index in [0.29, 0.717) is 22.3 Å². The average molecular weight is 346 g/mol. The smallest absolute Gasteiger partial charge is 0.283 e. The van der Waals surface area contributed by atoms with Crippen LogP contribution >= 0.6 is 27.7 Å². The summed E-state index contributed by atoms with van der Waals surface area (Å²) in [5.74, 6) is 0.